The van der Waals surface area contributed by atoms with Crippen molar-refractivity contribution in [2.75, 3.05) is 0 Å². The molecule has 1 nitrogen and oxygen atoms in total. The monoisotopic (exact) mass is 270 g/mol. The number of rotatable bonds is 2. The molecule has 0 radical (unpaired) electrons. The molecule has 0 aliphatic heterocycles. The predicted octanol–water partition coefficient (Wildman–Crippen LogP) is 3.90. The molecule has 1 unspecified atom stereocenters. The molecule has 104 valence electrons. The molecule has 1 aliphatic rings. The summed E-state index contributed by atoms with van der Waals surface area (Å²) < 4.78 is 13.4. The number of aliphatic hydroxyl groups is 1. The third-order valence-corrected chi connectivity index (χ3v) is 4.35. The Kier molecular flexibility index (Phi) is 3.35. The van der Waals surface area contributed by atoms with Crippen LogP contribution in [-0.4, -0.2) is 5.11 Å². The van der Waals surface area contributed by atoms with E-state index < -0.39 is 5.60 Å². The number of halogens is 1. The van der Waals surface area contributed by atoms with Gasteiger partial charge in [-0.05, 0) is 60.6 Å². The van der Waals surface area contributed by atoms with Crippen molar-refractivity contribution in [3.8, 4) is 0 Å². The summed E-state index contributed by atoms with van der Waals surface area (Å²) in [4.78, 5) is 0. The molecule has 3 rings (SSSR count). The van der Waals surface area contributed by atoms with Gasteiger partial charge in [-0.2, -0.15) is 0 Å². The fourth-order valence-electron chi connectivity index (χ4n) is 3.23. The third kappa shape index (κ3) is 2.36. The van der Waals surface area contributed by atoms with Gasteiger partial charge >= 0.3 is 0 Å². The molecule has 1 N–H and O–H groups in total. The van der Waals surface area contributed by atoms with Crippen LogP contribution < -0.4 is 0 Å². The van der Waals surface area contributed by atoms with E-state index in [0.29, 0.717) is 6.42 Å². The van der Waals surface area contributed by atoms with Gasteiger partial charge in [-0.1, -0.05) is 30.3 Å². The van der Waals surface area contributed by atoms with Crippen molar-refractivity contribution in [1.82, 2.24) is 0 Å². The minimum absolute atomic E-state index is 0.238. The zero-order valence-corrected chi connectivity index (χ0v) is 11.7. The van der Waals surface area contributed by atoms with E-state index in [-0.39, 0.29) is 5.82 Å². The third-order valence-electron chi connectivity index (χ3n) is 4.35. The van der Waals surface area contributed by atoms with E-state index >= 15 is 0 Å². The summed E-state index contributed by atoms with van der Waals surface area (Å²) in [6, 6.07) is 12.9. The summed E-state index contributed by atoms with van der Waals surface area (Å²) in [5.41, 5.74) is 3.28. The summed E-state index contributed by atoms with van der Waals surface area (Å²) in [7, 11) is 0. The Balaban J connectivity index is 2.00. The highest BCUT2D eigenvalue weighted by atomic mass is 19.1. The largest absolute Gasteiger partial charge is 0.385 e. The maximum absolute atomic E-state index is 13.4. The summed E-state index contributed by atoms with van der Waals surface area (Å²) in [6.45, 7) is 1.97. The number of hydrogen-bond acceptors (Lipinski definition) is 1. The molecule has 0 aromatic heterocycles. The van der Waals surface area contributed by atoms with Crippen molar-refractivity contribution in [2.24, 2.45) is 0 Å². The number of hydrogen-bond donors (Lipinski definition) is 1. The molecule has 0 amide bonds. The molecule has 20 heavy (non-hydrogen) atoms. The van der Waals surface area contributed by atoms with Gasteiger partial charge in [0.25, 0.3) is 0 Å². The van der Waals surface area contributed by atoms with Gasteiger partial charge in [0.1, 0.15) is 5.82 Å². The molecule has 2 aromatic rings. The van der Waals surface area contributed by atoms with E-state index in [2.05, 4.69) is 6.07 Å². The molecule has 0 bridgehead atoms. The second-order valence-electron chi connectivity index (χ2n) is 5.79. The fourth-order valence-corrected chi connectivity index (χ4v) is 3.23. The molecule has 0 saturated carbocycles. The topological polar surface area (TPSA) is 20.2 Å². The quantitative estimate of drug-likeness (QED) is 0.877. The van der Waals surface area contributed by atoms with Gasteiger partial charge in [-0.3, -0.25) is 0 Å². The van der Waals surface area contributed by atoms with Crippen LogP contribution >= 0.6 is 0 Å². The summed E-state index contributed by atoms with van der Waals surface area (Å²) in [5, 5.41) is 11.1. The normalized spacial score (nSPS) is 21.6. The van der Waals surface area contributed by atoms with Gasteiger partial charge in [0.05, 0.1) is 5.60 Å². The zero-order chi connectivity index (χ0) is 14.2. The number of benzene rings is 2. The van der Waals surface area contributed by atoms with Crippen LogP contribution in [0.3, 0.4) is 0 Å². The molecule has 1 aliphatic carbocycles. The summed E-state index contributed by atoms with van der Waals surface area (Å²) in [6.07, 6.45) is 3.20. The second-order valence-corrected chi connectivity index (χ2v) is 5.79. The van der Waals surface area contributed by atoms with Crippen LogP contribution in [0.4, 0.5) is 4.39 Å². The molecule has 0 fully saturated rings. The van der Waals surface area contributed by atoms with Crippen molar-refractivity contribution in [3.63, 3.8) is 0 Å². The van der Waals surface area contributed by atoms with E-state index in [9.17, 15) is 9.50 Å². The average molecular weight is 270 g/mol. The minimum atomic E-state index is -0.868. The van der Waals surface area contributed by atoms with Crippen molar-refractivity contribution >= 4 is 0 Å². The Morgan fingerprint density at radius 1 is 1.20 bits per heavy atom. The van der Waals surface area contributed by atoms with Crippen LogP contribution in [0.1, 0.15) is 35.1 Å². The molecular weight excluding hydrogens is 251 g/mol. The first-order valence-electron chi connectivity index (χ1n) is 7.14. The van der Waals surface area contributed by atoms with Gasteiger partial charge in [0, 0.05) is 6.42 Å². The van der Waals surface area contributed by atoms with Crippen LogP contribution in [0, 0.1) is 12.7 Å². The number of fused-ring (bicyclic) bond motifs is 1. The highest BCUT2D eigenvalue weighted by Gasteiger charge is 2.34. The van der Waals surface area contributed by atoms with Gasteiger partial charge in [0.2, 0.25) is 0 Å². The van der Waals surface area contributed by atoms with E-state index in [1.165, 1.54) is 11.6 Å². The van der Waals surface area contributed by atoms with E-state index in [1.54, 1.807) is 12.1 Å². The SMILES string of the molecule is Cc1ccc(F)cc1CC1(O)CCCc2ccccc21. The van der Waals surface area contributed by atoms with Gasteiger partial charge < -0.3 is 5.11 Å². The molecule has 2 aromatic carbocycles. The maximum Gasteiger partial charge on any atom is 0.123 e. The first-order valence-corrected chi connectivity index (χ1v) is 7.14. The average Bonchev–Trinajstić information content (AvgIpc) is 2.43. The standard InChI is InChI=1S/C18H19FO/c1-13-8-9-16(19)11-15(13)12-18(20)10-4-6-14-5-2-3-7-17(14)18/h2-3,5,7-9,11,20H,4,6,10,12H2,1H3. The Labute approximate surface area is 119 Å². The Morgan fingerprint density at radius 3 is 2.85 bits per heavy atom. The molecule has 0 heterocycles. The lowest BCUT2D eigenvalue weighted by Gasteiger charge is -2.35. The van der Waals surface area contributed by atoms with Gasteiger partial charge in [-0.15, -0.1) is 0 Å². The lowest BCUT2D eigenvalue weighted by Crippen LogP contribution is -2.33. The molecule has 1 atom stereocenters. The number of aryl methyl sites for hydroxylation is 2. The second kappa shape index (κ2) is 5.02. The maximum atomic E-state index is 13.4. The molecule has 2 heteroatoms. The Bertz CT molecular complexity index is 635. The van der Waals surface area contributed by atoms with Crippen LogP contribution in [-0.2, 0) is 18.4 Å². The van der Waals surface area contributed by atoms with Crippen LogP contribution in [0.15, 0.2) is 42.5 Å². The fraction of sp³-hybridized carbons (Fsp3) is 0.333. The Morgan fingerprint density at radius 2 is 2.00 bits per heavy atom. The van der Waals surface area contributed by atoms with Crippen molar-refractivity contribution in [1.29, 1.82) is 0 Å². The van der Waals surface area contributed by atoms with Crippen LogP contribution in [0.2, 0.25) is 0 Å². The van der Waals surface area contributed by atoms with Gasteiger partial charge in [-0.25, -0.2) is 4.39 Å². The van der Waals surface area contributed by atoms with E-state index in [1.807, 2.05) is 25.1 Å². The van der Waals surface area contributed by atoms with E-state index in [4.69, 9.17) is 0 Å². The van der Waals surface area contributed by atoms with Crippen LogP contribution in [0.25, 0.3) is 0 Å². The predicted molar refractivity (Wildman–Crippen MR) is 78.1 cm³/mol. The summed E-state index contributed by atoms with van der Waals surface area (Å²) >= 11 is 0. The molecular formula is C18H19FO. The zero-order valence-electron chi connectivity index (χ0n) is 11.7. The highest BCUT2D eigenvalue weighted by molar-refractivity contribution is 5.38. The van der Waals surface area contributed by atoms with E-state index in [0.717, 1.165) is 36.0 Å². The lowest BCUT2D eigenvalue weighted by molar-refractivity contribution is 0.0188. The summed E-state index contributed by atoms with van der Waals surface area (Å²) in [5.74, 6) is -0.238. The minimum Gasteiger partial charge on any atom is -0.385 e. The first kappa shape index (κ1) is 13.3. The van der Waals surface area contributed by atoms with Crippen molar-refractivity contribution < 1.29 is 9.50 Å². The lowest BCUT2D eigenvalue weighted by atomic mass is 9.75. The molecule has 0 saturated heterocycles. The van der Waals surface area contributed by atoms with Crippen molar-refractivity contribution in [3.05, 3.63) is 70.5 Å². The Hall–Kier alpha value is -1.67. The van der Waals surface area contributed by atoms with Crippen molar-refractivity contribution in [2.45, 2.75) is 38.2 Å². The van der Waals surface area contributed by atoms with Crippen LogP contribution in [0.5, 0.6) is 0 Å². The smallest absolute Gasteiger partial charge is 0.123 e. The molecule has 0 spiro atoms. The highest BCUT2D eigenvalue weighted by Crippen LogP contribution is 2.38. The first-order chi connectivity index (χ1) is 9.58. The van der Waals surface area contributed by atoms with Gasteiger partial charge in [0.15, 0.2) is 0 Å².